The molecule has 2 rings (SSSR count). The summed E-state index contributed by atoms with van der Waals surface area (Å²) in [6.07, 6.45) is 0. The van der Waals surface area contributed by atoms with Crippen LogP contribution < -0.4 is 0 Å². The van der Waals surface area contributed by atoms with Crippen molar-refractivity contribution in [1.82, 2.24) is 0 Å². The predicted molar refractivity (Wildman–Crippen MR) is 76.3 cm³/mol. The molecule has 17 heavy (non-hydrogen) atoms. The van der Waals surface area contributed by atoms with E-state index in [0.717, 1.165) is 11.1 Å². The van der Waals surface area contributed by atoms with E-state index in [1.807, 2.05) is 24.3 Å². The Kier molecular flexibility index (Phi) is 4.23. The number of hydrogen-bond acceptors (Lipinski definition) is 0. The van der Waals surface area contributed by atoms with E-state index in [1.165, 1.54) is 6.07 Å². The van der Waals surface area contributed by atoms with Gasteiger partial charge in [-0.25, -0.2) is 4.39 Å². The van der Waals surface area contributed by atoms with Crippen LogP contribution in [0.1, 0.15) is 16.0 Å². The van der Waals surface area contributed by atoms with E-state index in [1.54, 1.807) is 12.1 Å². The Balaban J connectivity index is 2.40. The molecule has 0 bridgehead atoms. The van der Waals surface area contributed by atoms with Gasteiger partial charge in [0, 0.05) is 5.02 Å². The third-order valence-electron chi connectivity index (χ3n) is 2.41. The second-order valence-electron chi connectivity index (χ2n) is 3.56. The predicted octanol–water partition coefficient (Wildman–Crippen LogP) is 5.73. The van der Waals surface area contributed by atoms with Crippen molar-refractivity contribution < 1.29 is 4.39 Å². The molecule has 2 aromatic carbocycles. The number of halogens is 4. The van der Waals surface area contributed by atoms with Crippen LogP contribution in [0.2, 0.25) is 5.02 Å². The zero-order valence-corrected chi connectivity index (χ0v) is 12.6. The maximum atomic E-state index is 13.2. The summed E-state index contributed by atoms with van der Waals surface area (Å²) in [5.74, 6) is -0.271. The van der Waals surface area contributed by atoms with Crippen LogP contribution in [-0.4, -0.2) is 0 Å². The molecule has 0 aromatic heterocycles. The molecule has 0 N–H and O–H groups in total. The lowest BCUT2D eigenvalue weighted by atomic mass is 10.0. The maximum Gasteiger partial charge on any atom is 0.137 e. The fourth-order valence-electron chi connectivity index (χ4n) is 1.53. The molecule has 0 aliphatic rings. The van der Waals surface area contributed by atoms with Gasteiger partial charge in [-0.3, -0.25) is 0 Å². The SMILES string of the molecule is Fc1ccc(C(Br)c2ccccc2Cl)cc1Br. The Bertz CT molecular complexity index is 543. The average molecular weight is 378 g/mol. The van der Waals surface area contributed by atoms with E-state index in [0.29, 0.717) is 9.50 Å². The lowest BCUT2D eigenvalue weighted by Gasteiger charge is -2.12. The molecule has 4 heteroatoms. The summed E-state index contributed by atoms with van der Waals surface area (Å²) in [5, 5.41) is 0.690. The highest BCUT2D eigenvalue weighted by Gasteiger charge is 2.14. The molecule has 0 fully saturated rings. The molecule has 1 unspecified atom stereocenters. The van der Waals surface area contributed by atoms with E-state index in [2.05, 4.69) is 31.9 Å². The Morgan fingerprint density at radius 1 is 1.12 bits per heavy atom. The van der Waals surface area contributed by atoms with E-state index < -0.39 is 0 Å². The normalized spacial score (nSPS) is 12.5. The van der Waals surface area contributed by atoms with Gasteiger partial charge in [-0.1, -0.05) is 51.8 Å². The Hall–Kier alpha value is -0.380. The molecular formula is C13H8Br2ClF. The van der Waals surface area contributed by atoms with Crippen molar-refractivity contribution in [3.05, 3.63) is 68.9 Å². The zero-order valence-electron chi connectivity index (χ0n) is 8.63. The maximum absolute atomic E-state index is 13.2. The second-order valence-corrected chi connectivity index (χ2v) is 5.73. The third kappa shape index (κ3) is 2.90. The summed E-state index contributed by atoms with van der Waals surface area (Å²) >= 11 is 12.9. The molecule has 0 aliphatic carbocycles. The Morgan fingerprint density at radius 2 is 1.82 bits per heavy atom. The standard InChI is InChI=1S/C13H8Br2ClF/c14-10-7-8(5-6-12(10)17)13(15)9-3-1-2-4-11(9)16/h1-7,13H. The van der Waals surface area contributed by atoms with E-state index in [-0.39, 0.29) is 10.6 Å². The number of hydrogen-bond donors (Lipinski definition) is 0. The van der Waals surface area contributed by atoms with Gasteiger partial charge in [0.2, 0.25) is 0 Å². The largest absolute Gasteiger partial charge is 0.206 e. The molecule has 88 valence electrons. The third-order valence-corrected chi connectivity index (χ3v) is 4.39. The quantitative estimate of drug-likeness (QED) is 0.586. The van der Waals surface area contributed by atoms with Gasteiger partial charge in [-0.15, -0.1) is 0 Å². The lowest BCUT2D eigenvalue weighted by Crippen LogP contribution is -1.94. The second kappa shape index (κ2) is 5.51. The van der Waals surface area contributed by atoms with Crippen molar-refractivity contribution in [2.45, 2.75) is 4.83 Å². The minimum absolute atomic E-state index is 0.0481. The van der Waals surface area contributed by atoms with Gasteiger partial charge in [-0.05, 0) is 45.3 Å². The molecule has 1 atom stereocenters. The van der Waals surface area contributed by atoms with Gasteiger partial charge in [-0.2, -0.15) is 0 Å². The van der Waals surface area contributed by atoms with E-state index >= 15 is 0 Å². The van der Waals surface area contributed by atoms with Crippen LogP contribution in [0.4, 0.5) is 4.39 Å². The van der Waals surface area contributed by atoms with Crippen LogP contribution in [0.15, 0.2) is 46.9 Å². The summed E-state index contributed by atoms with van der Waals surface area (Å²) in [6.45, 7) is 0. The van der Waals surface area contributed by atoms with Crippen LogP contribution in [0, 0.1) is 5.82 Å². The molecule has 0 nitrogen and oxygen atoms in total. The van der Waals surface area contributed by atoms with Crippen LogP contribution in [0.5, 0.6) is 0 Å². The van der Waals surface area contributed by atoms with Crippen molar-refractivity contribution in [3.8, 4) is 0 Å². The summed E-state index contributed by atoms with van der Waals surface area (Å²) in [6, 6.07) is 12.5. The fourth-order valence-corrected chi connectivity index (χ4v) is 2.99. The summed E-state index contributed by atoms with van der Waals surface area (Å²) < 4.78 is 13.6. The molecule has 0 spiro atoms. The summed E-state index contributed by atoms with van der Waals surface area (Å²) in [5.41, 5.74) is 1.92. The van der Waals surface area contributed by atoms with Gasteiger partial charge in [0.05, 0.1) is 9.30 Å². The first-order valence-electron chi connectivity index (χ1n) is 4.93. The Labute approximate surface area is 121 Å². The first-order valence-corrected chi connectivity index (χ1v) is 7.01. The molecule has 0 saturated heterocycles. The molecule has 0 amide bonds. The number of benzene rings is 2. The van der Waals surface area contributed by atoms with Crippen molar-refractivity contribution in [3.63, 3.8) is 0 Å². The smallest absolute Gasteiger partial charge is 0.137 e. The van der Waals surface area contributed by atoms with Crippen molar-refractivity contribution in [1.29, 1.82) is 0 Å². The average Bonchev–Trinajstić information content (AvgIpc) is 2.32. The highest BCUT2D eigenvalue weighted by atomic mass is 79.9. The van der Waals surface area contributed by atoms with E-state index in [4.69, 9.17) is 11.6 Å². The molecule has 2 aromatic rings. The van der Waals surface area contributed by atoms with Crippen molar-refractivity contribution in [2.24, 2.45) is 0 Å². The van der Waals surface area contributed by atoms with Gasteiger partial charge >= 0.3 is 0 Å². The van der Waals surface area contributed by atoms with Crippen LogP contribution in [-0.2, 0) is 0 Å². The highest BCUT2D eigenvalue weighted by molar-refractivity contribution is 9.10. The van der Waals surface area contributed by atoms with Gasteiger partial charge in [0.1, 0.15) is 5.82 Å². The van der Waals surface area contributed by atoms with Crippen LogP contribution in [0.25, 0.3) is 0 Å². The summed E-state index contributed by atoms with van der Waals surface area (Å²) in [7, 11) is 0. The summed E-state index contributed by atoms with van der Waals surface area (Å²) in [4.78, 5) is -0.0481. The van der Waals surface area contributed by atoms with E-state index in [9.17, 15) is 4.39 Å². The van der Waals surface area contributed by atoms with Gasteiger partial charge < -0.3 is 0 Å². The Morgan fingerprint density at radius 3 is 2.47 bits per heavy atom. The van der Waals surface area contributed by atoms with Gasteiger partial charge in [0.25, 0.3) is 0 Å². The molecule has 0 saturated carbocycles. The van der Waals surface area contributed by atoms with Crippen molar-refractivity contribution >= 4 is 43.5 Å². The molecular weight excluding hydrogens is 370 g/mol. The minimum Gasteiger partial charge on any atom is -0.206 e. The minimum atomic E-state index is -0.271. The van der Waals surface area contributed by atoms with Crippen LogP contribution in [0.3, 0.4) is 0 Å². The monoisotopic (exact) mass is 376 g/mol. The van der Waals surface area contributed by atoms with Crippen LogP contribution >= 0.6 is 43.5 Å². The number of alkyl halides is 1. The zero-order chi connectivity index (χ0) is 12.4. The molecule has 0 heterocycles. The molecule has 0 radical (unpaired) electrons. The lowest BCUT2D eigenvalue weighted by molar-refractivity contribution is 0.620. The first-order chi connectivity index (χ1) is 8.09. The first kappa shape index (κ1) is 13.1. The van der Waals surface area contributed by atoms with Gasteiger partial charge in [0.15, 0.2) is 0 Å². The topological polar surface area (TPSA) is 0 Å². The fraction of sp³-hybridized carbons (Fsp3) is 0.0769. The number of rotatable bonds is 2. The van der Waals surface area contributed by atoms with Crippen molar-refractivity contribution in [2.75, 3.05) is 0 Å². The highest BCUT2D eigenvalue weighted by Crippen LogP contribution is 2.36. The molecule has 0 aliphatic heterocycles.